The van der Waals surface area contributed by atoms with Gasteiger partial charge in [0.15, 0.2) is 5.78 Å². The number of para-hydroxylation sites is 2. The van der Waals surface area contributed by atoms with Crippen LogP contribution in [-0.2, 0) is 16.1 Å². The van der Waals surface area contributed by atoms with Crippen LogP contribution in [0.1, 0.15) is 42.0 Å². The van der Waals surface area contributed by atoms with Gasteiger partial charge in [-0.15, -0.1) is 0 Å². The number of carbonyl (C=O) groups excluding carboxylic acids is 2. The predicted octanol–water partition coefficient (Wildman–Crippen LogP) is 3.28. The molecular formula is C22H23N3O3. The number of amides is 1. The lowest BCUT2D eigenvalue weighted by Gasteiger charge is -2.18. The number of ether oxygens (including phenoxy) is 1. The average molecular weight is 377 g/mol. The van der Waals surface area contributed by atoms with Crippen LogP contribution in [0, 0.1) is 0 Å². The number of benzene rings is 2. The smallest absolute Gasteiger partial charge is 0.249 e. The van der Waals surface area contributed by atoms with E-state index >= 15 is 0 Å². The lowest BCUT2D eigenvalue weighted by molar-refractivity contribution is -0.130. The number of carbonyl (C=O) groups is 2. The second-order valence-electron chi connectivity index (χ2n) is 7.07. The van der Waals surface area contributed by atoms with Crippen LogP contribution < -0.4 is 5.32 Å². The van der Waals surface area contributed by atoms with E-state index in [1.807, 2.05) is 66.1 Å². The minimum atomic E-state index is -0.397. The van der Waals surface area contributed by atoms with Gasteiger partial charge in [0, 0.05) is 12.2 Å². The molecule has 0 bridgehead atoms. The van der Waals surface area contributed by atoms with Crippen LogP contribution in [0.3, 0.4) is 0 Å². The van der Waals surface area contributed by atoms with Gasteiger partial charge in [-0.05, 0) is 31.9 Å². The van der Waals surface area contributed by atoms with E-state index in [4.69, 9.17) is 9.72 Å². The van der Waals surface area contributed by atoms with Crippen LogP contribution in [0.4, 0.5) is 0 Å². The molecule has 3 aromatic rings. The van der Waals surface area contributed by atoms with E-state index < -0.39 is 6.10 Å². The third kappa shape index (κ3) is 3.68. The third-order valence-corrected chi connectivity index (χ3v) is 5.05. The number of nitrogens with one attached hydrogen (secondary N) is 1. The van der Waals surface area contributed by atoms with Crippen LogP contribution in [-0.4, -0.2) is 34.0 Å². The van der Waals surface area contributed by atoms with Crippen molar-refractivity contribution in [2.75, 3.05) is 6.61 Å². The fraction of sp³-hybridized carbons (Fsp3) is 0.318. The number of hydrogen-bond acceptors (Lipinski definition) is 4. The van der Waals surface area contributed by atoms with Gasteiger partial charge in [0.05, 0.1) is 23.6 Å². The first-order chi connectivity index (χ1) is 13.6. The normalized spacial score (nSPS) is 17.5. The maximum atomic E-state index is 12.8. The summed E-state index contributed by atoms with van der Waals surface area (Å²) in [5.41, 5.74) is 2.33. The maximum absolute atomic E-state index is 12.8. The number of Topliss-reactive ketones (excluding diaryl/α,β-unsaturated/α-hetero) is 1. The van der Waals surface area contributed by atoms with E-state index in [0.29, 0.717) is 18.0 Å². The average Bonchev–Trinajstić information content (AvgIpc) is 3.37. The molecule has 0 radical (unpaired) electrons. The number of nitrogens with zero attached hydrogens (tertiary/aromatic N) is 2. The van der Waals surface area contributed by atoms with Gasteiger partial charge in [-0.25, -0.2) is 4.98 Å². The van der Waals surface area contributed by atoms with Gasteiger partial charge in [0.25, 0.3) is 0 Å². The molecule has 0 aliphatic carbocycles. The van der Waals surface area contributed by atoms with Gasteiger partial charge in [-0.1, -0.05) is 42.5 Å². The van der Waals surface area contributed by atoms with Gasteiger partial charge in [-0.2, -0.15) is 0 Å². The largest absolute Gasteiger partial charge is 0.368 e. The summed E-state index contributed by atoms with van der Waals surface area (Å²) < 4.78 is 7.36. The second kappa shape index (κ2) is 7.94. The summed E-state index contributed by atoms with van der Waals surface area (Å²) in [6.45, 7) is 2.67. The molecule has 0 spiro atoms. The van der Waals surface area contributed by atoms with Crippen molar-refractivity contribution in [1.82, 2.24) is 14.9 Å². The Kier molecular flexibility index (Phi) is 5.21. The monoisotopic (exact) mass is 377 g/mol. The number of imidazole rings is 1. The Morgan fingerprint density at radius 2 is 1.93 bits per heavy atom. The summed E-state index contributed by atoms with van der Waals surface area (Å²) >= 11 is 0. The first kappa shape index (κ1) is 18.4. The zero-order valence-electron chi connectivity index (χ0n) is 15.8. The first-order valence-corrected chi connectivity index (χ1v) is 9.59. The molecule has 1 fully saturated rings. The molecule has 6 heteroatoms. The van der Waals surface area contributed by atoms with Crippen molar-refractivity contribution in [3.05, 3.63) is 66.0 Å². The van der Waals surface area contributed by atoms with Gasteiger partial charge in [0.1, 0.15) is 11.9 Å². The molecule has 1 aliphatic rings. The molecule has 4 rings (SSSR count). The van der Waals surface area contributed by atoms with E-state index in [0.717, 1.165) is 23.9 Å². The van der Waals surface area contributed by atoms with Crippen LogP contribution in [0.5, 0.6) is 0 Å². The van der Waals surface area contributed by atoms with Crippen molar-refractivity contribution in [1.29, 1.82) is 0 Å². The Balaban J connectivity index is 1.63. The Labute approximate surface area is 163 Å². The molecule has 2 heterocycles. The van der Waals surface area contributed by atoms with E-state index in [2.05, 4.69) is 5.32 Å². The number of aromatic nitrogens is 2. The molecule has 2 aromatic carbocycles. The molecular weight excluding hydrogens is 354 g/mol. The minimum Gasteiger partial charge on any atom is -0.368 e. The minimum absolute atomic E-state index is 0.00246. The summed E-state index contributed by atoms with van der Waals surface area (Å²) in [6, 6.07) is 16.6. The van der Waals surface area contributed by atoms with Gasteiger partial charge in [0.2, 0.25) is 5.91 Å². The highest BCUT2D eigenvalue weighted by molar-refractivity contribution is 5.96. The maximum Gasteiger partial charge on any atom is 0.249 e. The standard InChI is InChI=1S/C22H23N3O3/c1-15(23-22(27)20-12-7-13-28-20)21-24-17-10-5-6-11-18(17)25(21)14-19(26)16-8-3-2-4-9-16/h2-6,8-11,15,20H,7,12-14H2,1H3,(H,23,27). The lowest BCUT2D eigenvalue weighted by atomic mass is 10.1. The Hall–Kier alpha value is -2.99. The van der Waals surface area contributed by atoms with Gasteiger partial charge in [-0.3, -0.25) is 9.59 Å². The molecule has 1 amide bonds. The number of ketones is 1. The quantitative estimate of drug-likeness (QED) is 0.669. The third-order valence-electron chi connectivity index (χ3n) is 5.05. The lowest BCUT2D eigenvalue weighted by Crippen LogP contribution is -2.37. The number of rotatable bonds is 6. The zero-order chi connectivity index (χ0) is 19.5. The highest BCUT2D eigenvalue weighted by atomic mass is 16.5. The van der Waals surface area contributed by atoms with Crippen LogP contribution in [0.25, 0.3) is 11.0 Å². The second-order valence-corrected chi connectivity index (χ2v) is 7.07. The molecule has 1 saturated heterocycles. The Bertz CT molecular complexity index is 991. The highest BCUT2D eigenvalue weighted by Gasteiger charge is 2.27. The van der Waals surface area contributed by atoms with E-state index in [9.17, 15) is 9.59 Å². The van der Waals surface area contributed by atoms with Crippen molar-refractivity contribution in [3.63, 3.8) is 0 Å². The molecule has 2 unspecified atom stereocenters. The van der Waals surface area contributed by atoms with Crippen molar-refractivity contribution in [2.24, 2.45) is 0 Å². The van der Waals surface area contributed by atoms with Crippen molar-refractivity contribution < 1.29 is 14.3 Å². The van der Waals surface area contributed by atoms with Crippen LogP contribution in [0.15, 0.2) is 54.6 Å². The highest BCUT2D eigenvalue weighted by Crippen LogP contribution is 2.22. The van der Waals surface area contributed by atoms with Crippen LogP contribution >= 0.6 is 0 Å². The molecule has 28 heavy (non-hydrogen) atoms. The summed E-state index contributed by atoms with van der Waals surface area (Å²) in [6.07, 6.45) is 1.24. The van der Waals surface area contributed by atoms with Crippen molar-refractivity contribution in [2.45, 2.75) is 38.5 Å². The molecule has 0 saturated carbocycles. The SMILES string of the molecule is CC(NC(=O)C1CCCO1)c1nc2ccccc2n1CC(=O)c1ccccc1. The fourth-order valence-corrected chi connectivity index (χ4v) is 3.61. The zero-order valence-corrected chi connectivity index (χ0v) is 15.8. The number of fused-ring (bicyclic) bond motifs is 1. The molecule has 1 aromatic heterocycles. The summed E-state index contributed by atoms with van der Waals surface area (Å²) in [5.74, 6) is 0.539. The summed E-state index contributed by atoms with van der Waals surface area (Å²) in [5, 5.41) is 2.99. The Morgan fingerprint density at radius 1 is 1.18 bits per heavy atom. The molecule has 144 valence electrons. The summed E-state index contributed by atoms with van der Waals surface area (Å²) in [4.78, 5) is 30.0. The number of hydrogen-bond donors (Lipinski definition) is 1. The van der Waals surface area contributed by atoms with E-state index in [-0.39, 0.29) is 24.3 Å². The van der Waals surface area contributed by atoms with Crippen molar-refractivity contribution in [3.8, 4) is 0 Å². The topological polar surface area (TPSA) is 73.2 Å². The molecule has 1 N–H and O–H groups in total. The molecule has 1 aliphatic heterocycles. The van der Waals surface area contributed by atoms with Gasteiger partial charge >= 0.3 is 0 Å². The van der Waals surface area contributed by atoms with Crippen molar-refractivity contribution >= 4 is 22.7 Å². The first-order valence-electron chi connectivity index (χ1n) is 9.59. The van der Waals surface area contributed by atoms with Gasteiger partial charge < -0.3 is 14.6 Å². The molecule has 6 nitrogen and oxygen atoms in total. The van der Waals surface area contributed by atoms with E-state index in [1.165, 1.54) is 0 Å². The summed E-state index contributed by atoms with van der Waals surface area (Å²) in [7, 11) is 0. The predicted molar refractivity (Wildman–Crippen MR) is 106 cm³/mol. The van der Waals surface area contributed by atoms with Crippen LogP contribution in [0.2, 0.25) is 0 Å². The fourth-order valence-electron chi connectivity index (χ4n) is 3.61. The van der Waals surface area contributed by atoms with E-state index in [1.54, 1.807) is 0 Å². The molecule has 2 atom stereocenters. The Morgan fingerprint density at radius 3 is 2.68 bits per heavy atom.